The molecule has 1 rings (SSSR count). The molecule has 0 aliphatic heterocycles. The Morgan fingerprint density at radius 2 is 0.971 bits per heavy atom. The first kappa shape index (κ1) is 30.7. The van der Waals surface area contributed by atoms with Crippen LogP contribution in [0.4, 0.5) is 4.79 Å². The second-order valence-electron chi connectivity index (χ2n) is 9.19. The molecule has 35 heavy (non-hydrogen) atoms. The van der Waals surface area contributed by atoms with Gasteiger partial charge in [0.05, 0.1) is 6.61 Å². The average molecular weight is 497 g/mol. The van der Waals surface area contributed by atoms with Gasteiger partial charge in [-0.15, -0.1) is 0 Å². The highest BCUT2D eigenvalue weighted by Gasteiger charge is 2.15. The van der Waals surface area contributed by atoms with Crippen LogP contribution in [0.25, 0.3) is 0 Å². The van der Waals surface area contributed by atoms with Crippen molar-refractivity contribution in [2.45, 2.75) is 130 Å². The third-order valence-corrected chi connectivity index (χ3v) is 6.21. The molecule has 0 spiro atoms. The first-order valence-electron chi connectivity index (χ1n) is 13.8. The van der Waals surface area contributed by atoms with E-state index in [2.05, 4.69) is 19.2 Å². The van der Waals surface area contributed by atoms with Crippen LogP contribution in [0.3, 0.4) is 0 Å². The van der Waals surface area contributed by atoms with Crippen molar-refractivity contribution in [3.05, 3.63) is 31.5 Å². The standard InChI is InChI=1S/C26H48N4O5/c1-4-7-9-12-16-20-28-24(32)29(21-17-13-10-8-5-2)26(34)30(25(28)33)22-18-14-11-15-19-27-23(31)35-6-3/h4-22H2,1-3H3,(H,27,31). The number of nitrogens with one attached hydrogen (secondary N) is 1. The van der Waals surface area contributed by atoms with Crippen molar-refractivity contribution in [1.29, 1.82) is 0 Å². The summed E-state index contributed by atoms with van der Waals surface area (Å²) in [6.45, 7) is 7.96. The van der Waals surface area contributed by atoms with Crippen molar-refractivity contribution in [3.63, 3.8) is 0 Å². The SMILES string of the molecule is CCCCCCCn1c(=O)n(CCCCCCC)c(=O)n(CCCCCCNC(=O)OCC)c1=O. The van der Waals surface area contributed by atoms with E-state index < -0.39 is 23.2 Å². The van der Waals surface area contributed by atoms with Crippen LogP contribution < -0.4 is 22.4 Å². The van der Waals surface area contributed by atoms with Gasteiger partial charge in [-0.1, -0.05) is 78.1 Å². The Kier molecular flexibility index (Phi) is 16.6. The largest absolute Gasteiger partial charge is 0.450 e. The van der Waals surface area contributed by atoms with Gasteiger partial charge in [-0.3, -0.25) is 0 Å². The fraction of sp³-hybridized carbons (Fsp3) is 0.846. The van der Waals surface area contributed by atoms with Crippen LogP contribution in [-0.4, -0.2) is 32.9 Å². The summed E-state index contributed by atoms with van der Waals surface area (Å²) < 4.78 is 8.61. The zero-order valence-corrected chi connectivity index (χ0v) is 22.3. The number of hydrogen-bond acceptors (Lipinski definition) is 5. The minimum absolute atomic E-state index is 0.301. The number of hydrogen-bond donors (Lipinski definition) is 1. The number of carbonyl (C=O) groups excluding carboxylic acids is 1. The Labute approximate surface area is 209 Å². The van der Waals surface area contributed by atoms with Crippen LogP contribution in [0.2, 0.25) is 0 Å². The van der Waals surface area contributed by atoms with E-state index in [-0.39, 0.29) is 0 Å². The van der Waals surface area contributed by atoms with Crippen LogP contribution in [0.15, 0.2) is 14.4 Å². The molecule has 1 amide bonds. The van der Waals surface area contributed by atoms with E-state index in [4.69, 9.17) is 4.74 Å². The van der Waals surface area contributed by atoms with E-state index in [0.717, 1.165) is 83.5 Å². The molecule has 0 radical (unpaired) electrons. The van der Waals surface area contributed by atoms with Gasteiger partial charge in [0, 0.05) is 26.2 Å². The third-order valence-electron chi connectivity index (χ3n) is 6.21. The van der Waals surface area contributed by atoms with E-state index >= 15 is 0 Å². The van der Waals surface area contributed by atoms with Crippen molar-refractivity contribution < 1.29 is 9.53 Å². The fourth-order valence-electron chi connectivity index (χ4n) is 4.12. The highest BCUT2D eigenvalue weighted by Crippen LogP contribution is 2.04. The monoisotopic (exact) mass is 496 g/mol. The molecule has 202 valence electrons. The van der Waals surface area contributed by atoms with Crippen LogP contribution >= 0.6 is 0 Å². The summed E-state index contributed by atoms with van der Waals surface area (Å²) in [7, 11) is 0. The van der Waals surface area contributed by atoms with Gasteiger partial charge in [-0.05, 0) is 32.6 Å². The summed E-state index contributed by atoms with van der Waals surface area (Å²) in [6.07, 6.45) is 12.9. The van der Waals surface area contributed by atoms with Crippen LogP contribution in [0, 0.1) is 0 Å². The van der Waals surface area contributed by atoms with Crippen molar-refractivity contribution in [1.82, 2.24) is 19.0 Å². The molecular weight excluding hydrogens is 448 g/mol. The molecule has 0 aliphatic rings. The molecular formula is C26H48N4O5. The maximum absolute atomic E-state index is 13.1. The van der Waals surface area contributed by atoms with Crippen molar-refractivity contribution in [2.75, 3.05) is 13.2 Å². The van der Waals surface area contributed by atoms with Crippen molar-refractivity contribution in [2.24, 2.45) is 0 Å². The van der Waals surface area contributed by atoms with Crippen LogP contribution in [0.5, 0.6) is 0 Å². The molecule has 0 aromatic carbocycles. The molecule has 0 unspecified atom stereocenters. The summed E-state index contributed by atoms with van der Waals surface area (Å²) in [5, 5.41) is 2.69. The Morgan fingerprint density at radius 3 is 1.34 bits per heavy atom. The number of aromatic nitrogens is 3. The molecule has 0 fully saturated rings. The van der Waals surface area contributed by atoms with Gasteiger partial charge in [-0.25, -0.2) is 32.9 Å². The lowest BCUT2D eigenvalue weighted by molar-refractivity contribution is 0.152. The number of ether oxygens (including phenoxy) is 1. The lowest BCUT2D eigenvalue weighted by Crippen LogP contribution is -2.54. The van der Waals surface area contributed by atoms with Crippen LogP contribution in [-0.2, 0) is 24.4 Å². The van der Waals surface area contributed by atoms with Gasteiger partial charge < -0.3 is 10.1 Å². The molecule has 1 N–H and O–H groups in total. The third kappa shape index (κ3) is 11.8. The zero-order chi connectivity index (χ0) is 25.9. The maximum atomic E-state index is 13.1. The average Bonchev–Trinajstić information content (AvgIpc) is 2.84. The number of rotatable bonds is 20. The zero-order valence-electron chi connectivity index (χ0n) is 22.3. The molecule has 9 heteroatoms. The molecule has 9 nitrogen and oxygen atoms in total. The molecule has 1 heterocycles. The maximum Gasteiger partial charge on any atom is 0.407 e. The number of carbonyl (C=O) groups is 1. The van der Waals surface area contributed by atoms with Gasteiger partial charge in [-0.2, -0.15) is 0 Å². The van der Waals surface area contributed by atoms with Gasteiger partial charge >= 0.3 is 23.2 Å². The topological polar surface area (TPSA) is 104 Å². The summed E-state index contributed by atoms with van der Waals surface area (Å²) >= 11 is 0. The number of alkyl carbamates (subject to hydrolysis) is 1. The Bertz CT molecular complexity index is 835. The highest BCUT2D eigenvalue weighted by molar-refractivity contribution is 5.66. The second kappa shape index (κ2) is 18.9. The Balaban J connectivity index is 2.80. The number of unbranched alkanes of at least 4 members (excludes halogenated alkanes) is 11. The minimum atomic E-state index is -0.485. The summed E-state index contributed by atoms with van der Waals surface area (Å²) in [4.78, 5) is 50.4. The minimum Gasteiger partial charge on any atom is -0.450 e. The molecule has 0 aliphatic carbocycles. The van der Waals surface area contributed by atoms with E-state index in [9.17, 15) is 19.2 Å². The van der Waals surface area contributed by atoms with E-state index in [1.807, 2.05) is 0 Å². The highest BCUT2D eigenvalue weighted by atomic mass is 16.5. The van der Waals surface area contributed by atoms with Gasteiger partial charge in [0.1, 0.15) is 0 Å². The predicted molar refractivity (Wildman–Crippen MR) is 140 cm³/mol. The lowest BCUT2D eigenvalue weighted by Gasteiger charge is -2.14. The second-order valence-corrected chi connectivity index (χ2v) is 9.19. The molecule has 0 bridgehead atoms. The fourth-order valence-corrected chi connectivity index (χ4v) is 4.12. The lowest BCUT2D eigenvalue weighted by atomic mass is 10.1. The number of amides is 1. The van der Waals surface area contributed by atoms with Gasteiger partial charge in [0.2, 0.25) is 0 Å². The van der Waals surface area contributed by atoms with E-state index in [0.29, 0.717) is 39.2 Å². The summed E-state index contributed by atoms with van der Waals surface area (Å²) in [5.41, 5.74) is -1.43. The number of nitrogens with zero attached hydrogens (tertiary/aromatic N) is 3. The quantitative estimate of drug-likeness (QED) is 0.269. The van der Waals surface area contributed by atoms with Crippen LogP contribution in [0.1, 0.15) is 111 Å². The molecule has 0 saturated carbocycles. The van der Waals surface area contributed by atoms with Gasteiger partial charge in [0.25, 0.3) is 0 Å². The normalized spacial score (nSPS) is 11.1. The Morgan fingerprint density at radius 1 is 0.600 bits per heavy atom. The Hall–Kier alpha value is -2.32. The first-order chi connectivity index (χ1) is 17.0. The van der Waals surface area contributed by atoms with Gasteiger partial charge in [0.15, 0.2) is 0 Å². The smallest absolute Gasteiger partial charge is 0.407 e. The molecule has 1 aromatic rings. The predicted octanol–water partition coefficient (Wildman–Crippen LogP) is 4.42. The van der Waals surface area contributed by atoms with Crippen molar-refractivity contribution in [3.8, 4) is 0 Å². The summed E-state index contributed by atoms with van der Waals surface area (Å²) in [5.74, 6) is 0. The van der Waals surface area contributed by atoms with E-state index in [1.165, 1.54) is 13.7 Å². The summed E-state index contributed by atoms with van der Waals surface area (Å²) in [6, 6.07) is 0. The molecule has 1 aromatic heterocycles. The van der Waals surface area contributed by atoms with E-state index in [1.54, 1.807) is 6.92 Å². The van der Waals surface area contributed by atoms with Crippen molar-refractivity contribution >= 4 is 6.09 Å². The molecule has 0 atom stereocenters. The molecule has 0 saturated heterocycles. The first-order valence-corrected chi connectivity index (χ1v) is 13.8.